The molecule has 17 heavy (non-hydrogen) atoms. The fraction of sp³-hybridized carbons (Fsp3) is 0.133. The van der Waals surface area contributed by atoms with Gasteiger partial charge < -0.3 is 4.74 Å². The van der Waals surface area contributed by atoms with Gasteiger partial charge in [0.15, 0.2) is 5.75 Å². The number of hydrogen-bond acceptors (Lipinski definition) is 2. The van der Waals surface area contributed by atoms with Gasteiger partial charge >= 0.3 is 0 Å². The first-order chi connectivity index (χ1) is 8.25. The summed E-state index contributed by atoms with van der Waals surface area (Å²) >= 11 is 0. The van der Waals surface area contributed by atoms with Crippen LogP contribution in [0.15, 0.2) is 59.4 Å². The van der Waals surface area contributed by atoms with Crippen molar-refractivity contribution >= 4 is 0 Å². The van der Waals surface area contributed by atoms with Crippen LogP contribution in [0, 0.1) is 6.92 Å². The predicted octanol–water partition coefficient (Wildman–Crippen LogP) is 2.93. The molecular formula is C15H14O2. The zero-order chi connectivity index (χ0) is 12.1. The van der Waals surface area contributed by atoms with Crippen molar-refractivity contribution in [3.05, 3.63) is 75.9 Å². The highest BCUT2D eigenvalue weighted by Gasteiger charge is 1.98. The zero-order valence-electron chi connectivity index (χ0n) is 9.72. The monoisotopic (exact) mass is 226 g/mol. The first-order valence-corrected chi connectivity index (χ1v) is 5.53. The molecule has 2 rings (SSSR count). The van der Waals surface area contributed by atoms with E-state index in [0.717, 1.165) is 11.1 Å². The average molecular weight is 226 g/mol. The Bertz CT molecular complexity index is 547. The second-order valence-corrected chi connectivity index (χ2v) is 3.91. The van der Waals surface area contributed by atoms with Crippen LogP contribution in [-0.4, -0.2) is 0 Å². The highest BCUT2D eigenvalue weighted by atomic mass is 16.5. The molecule has 2 heteroatoms. The maximum atomic E-state index is 11.7. The highest BCUT2D eigenvalue weighted by Crippen LogP contribution is 2.07. The summed E-state index contributed by atoms with van der Waals surface area (Å²) in [6.07, 6.45) is 0. The fourth-order valence-corrected chi connectivity index (χ4v) is 1.49. The van der Waals surface area contributed by atoms with Crippen molar-refractivity contribution < 1.29 is 4.74 Å². The summed E-state index contributed by atoms with van der Waals surface area (Å²) in [6, 6.07) is 16.7. The molecule has 0 spiro atoms. The summed E-state index contributed by atoms with van der Waals surface area (Å²) in [5.41, 5.74) is 2.00. The van der Waals surface area contributed by atoms with Crippen molar-refractivity contribution in [3.63, 3.8) is 0 Å². The van der Waals surface area contributed by atoms with E-state index in [9.17, 15) is 4.79 Å². The van der Waals surface area contributed by atoms with Crippen molar-refractivity contribution in [2.45, 2.75) is 13.5 Å². The number of aryl methyl sites for hydroxylation is 1. The number of rotatable bonds is 3. The van der Waals surface area contributed by atoms with Gasteiger partial charge in [0, 0.05) is 0 Å². The molecule has 0 bridgehead atoms. The maximum absolute atomic E-state index is 11.7. The summed E-state index contributed by atoms with van der Waals surface area (Å²) in [4.78, 5) is 11.7. The van der Waals surface area contributed by atoms with Gasteiger partial charge in [-0.25, -0.2) is 0 Å². The number of benzene rings is 1. The Morgan fingerprint density at radius 2 is 1.65 bits per heavy atom. The van der Waals surface area contributed by atoms with Gasteiger partial charge in [-0.1, -0.05) is 48.0 Å². The van der Waals surface area contributed by atoms with Crippen LogP contribution < -0.4 is 10.2 Å². The normalized spacial score (nSPS) is 9.94. The number of hydrogen-bond donors (Lipinski definition) is 0. The minimum absolute atomic E-state index is 0.0889. The standard InChI is InChI=1S/C15H14O2/c1-12-7-9-14(16)15(10-8-12)17-11-13-5-3-2-4-6-13/h2-10H,11H2,1H3. The smallest absolute Gasteiger partial charge is 0.220 e. The zero-order valence-corrected chi connectivity index (χ0v) is 9.72. The van der Waals surface area contributed by atoms with Crippen LogP contribution in [0.25, 0.3) is 0 Å². The van der Waals surface area contributed by atoms with Crippen molar-refractivity contribution in [1.82, 2.24) is 0 Å². The minimum atomic E-state index is -0.0889. The molecule has 0 saturated carbocycles. The van der Waals surface area contributed by atoms with Crippen LogP contribution in [0.3, 0.4) is 0 Å². The predicted molar refractivity (Wildman–Crippen MR) is 68.2 cm³/mol. The van der Waals surface area contributed by atoms with E-state index in [1.807, 2.05) is 43.3 Å². The first-order valence-electron chi connectivity index (χ1n) is 5.53. The maximum Gasteiger partial charge on any atom is 0.220 e. The van der Waals surface area contributed by atoms with E-state index in [1.165, 1.54) is 6.07 Å². The van der Waals surface area contributed by atoms with E-state index >= 15 is 0 Å². The van der Waals surface area contributed by atoms with E-state index in [2.05, 4.69) is 0 Å². The Labute approximate surface area is 101 Å². The van der Waals surface area contributed by atoms with Crippen LogP contribution in [0.2, 0.25) is 0 Å². The van der Waals surface area contributed by atoms with Gasteiger partial charge in [0.25, 0.3) is 0 Å². The molecule has 0 aromatic heterocycles. The van der Waals surface area contributed by atoms with Gasteiger partial charge in [0.1, 0.15) is 6.61 Å². The Morgan fingerprint density at radius 1 is 0.941 bits per heavy atom. The lowest BCUT2D eigenvalue weighted by Crippen LogP contribution is -2.04. The summed E-state index contributed by atoms with van der Waals surface area (Å²) in [7, 11) is 0. The molecule has 0 fully saturated rings. The molecule has 0 aliphatic rings. The lowest BCUT2D eigenvalue weighted by molar-refractivity contribution is 0.304. The molecule has 0 saturated heterocycles. The molecule has 2 nitrogen and oxygen atoms in total. The molecule has 86 valence electrons. The van der Waals surface area contributed by atoms with Crippen molar-refractivity contribution in [2.75, 3.05) is 0 Å². The second-order valence-electron chi connectivity index (χ2n) is 3.91. The first kappa shape index (κ1) is 11.4. The van der Waals surface area contributed by atoms with Crippen molar-refractivity contribution in [1.29, 1.82) is 0 Å². The quantitative estimate of drug-likeness (QED) is 0.804. The Balaban J connectivity index is 2.15. The third kappa shape index (κ3) is 3.18. The van der Waals surface area contributed by atoms with Crippen LogP contribution >= 0.6 is 0 Å². The fourth-order valence-electron chi connectivity index (χ4n) is 1.49. The average Bonchev–Trinajstić information content (AvgIpc) is 2.52. The third-order valence-corrected chi connectivity index (χ3v) is 2.48. The molecule has 0 N–H and O–H groups in total. The van der Waals surface area contributed by atoms with Gasteiger partial charge in [-0.3, -0.25) is 4.79 Å². The molecule has 0 atom stereocenters. The second kappa shape index (κ2) is 5.30. The Morgan fingerprint density at radius 3 is 2.41 bits per heavy atom. The van der Waals surface area contributed by atoms with E-state index in [4.69, 9.17) is 4.74 Å². The van der Waals surface area contributed by atoms with E-state index < -0.39 is 0 Å². The highest BCUT2D eigenvalue weighted by molar-refractivity contribution is 5.25. The Hall–Kier alpha value is -2.09. The van der Waals surface area contributed by atoms with Crippen LogP contribution in [0.1, 0.15) is 11.1 Å². The van der Waals surface area contributed by atoms with Gasteiger partial charge in [-0.2, -0.15) is 0 Å². The van der Waals surface area contributed by atoms with Gasteiger partial charge in [0.2, 0.25) is 5.43 Å². The lowest BCUT2D eigenvalue weighted by Gasteiger charge is -2.03. The van der Waals surface area contributed by atoms with Crippen LogP contribution in [0.4, 0.5) is 0 Å². The molecule has 0 unspecified atom stereocenters. The van der Waals surface area contributed by atoms with Crippen molar-refractivity contribution in [2.24, 2.45) is 0 Å². The summed E-state index contributed by atoms with van der Waals surface area (Å²) in [5, 5.41) is 0. The van der Waals surface area contributed by atoms with E-state index in [-0.39, 0.29) is 5.43 Å². The van der Waals surface area contributed by atoms with Gasteiger partial charge in [-0.05, 0) is 24.6 Å². The largest absolute Gasteiger partial charge is 0.485 e. The topological polar surface area (TPSA) is 26.3 Å². The molecule has 2 aromatic carbocycles. The van der Waals surface area contributed by atoms with Crippen LogP contribution in [0.5, 0.6) is 5.75 Å². The molecule has 2 aromatic rings. The summed E-state index contributed by atoms with van der Waals surface area (Å²) in [5.74, 6) is 0.391. The van der Waals surface area contributed by atoms with Gasteiger partial charge in [0.05, 0.1) is 0 Å². The molecule has 0 radical (unpaired) electrons. The molecule has 0 amide bonds. The Kier molecular flexibility index (Phi) is 3.55. The van der Waals surface area contributed by atoms with Crippen LogP contribution in [-0.2, 0) is 6.61 Å². The molecule has 0 aliphatic carbocycles. The lowest BCUT2D eigenvalue weighted by atomic mass is 10.2. The molecule has 0 heterocycles. The van der Waals surface area contributed by atoms with Gasteiger partial charge in [-0.15, -0.1) is 0 Å². The minimum Gasteiger partial charge on any atom is -0.485 e. The number of ether oxygens (including phenoxy) is 1. The van der Waals surface area contributed by atoms with E-state index in [0.29, 0.717) is 12.4 Å². The van der Waals surface area contributed by atoms with Crippen molar-refractivity contribution in [3.8, 4) is 5.75 Å². The summed E-state index contributed by atoms with van der Waals surface area (Å²) < 4.78 is 5.53. The molecule has 0 aliphatic heterocycles. The SMILES string of the molecule is Cc1ccc(OCc2ccccc2)c(=O)cc1. The third-order valence-electron chi connectivity index (χ3n) is 2.48. The summed E-state index contributed by atoms with van der Waals surface area (Å²) in [6.45, 7) is 2.36. The van der Waals surface area contributed by atoms with E-state index in [1.54, 1.807) is 12.1 Å². The molecular weight excluding hydrogens is 212 g/mol.